The Morgan fingerprint density at radius 2 is 1.52 bits per heavy atom. The summed E-state index contributed by atoms with van der Waals surface area (Å²) in [5, 5.41) is 5.39. The number of carbonyl (C=O) groups is 1. The molecule has 0 atom stereocenters. The standard InChI is InChI=1S/C25H16ClN3O2/c26-20-13-11-17(12-14-20)23-19(16-29(28-23)21-9-5-2-6-10-21)15-22-25(30)31-24(27-22)18-7-3-1-4-8-18/h1-16H. The van der Waals surface area contributed by atoms with Gasteiger partial charge >= 0.3 is 5.97 Å². The monoisotopic (exact) mass is 425 g/mol. The molecule has 0 amide bonds. The fraction of sp³-hybridized carbons (Fsp3) is 0. The zero-order chi connectivity index (χ0) is 21.2. The summed E-state index contributed by atoms with van der Waals surface area (Å²) in [5.74, 6) is -0.200. The van der Waals surface area contributed by atoms with Crippen LogP contribution in [0.4, 0.5) is 0 Å². The Bertz CT molecular complexity index is 1310. The smallest absolute Gasteiger partial charge is 0.363 e. The van der Waals surface area contributed by atoms with Gasteiger partial charge in [0.1, 0.15) is 5.69 Å². The molecule has 2 heterocycles. The lowest BCUT2D eigenvalue weighted by atomic mass is 10.1. The zero-order valence-corrected chi connectivity index (χ0v) is 17.0. The van der Waals surface area contributed by atoms with Gasteiger partial charge in [-0.25, -0.2) is 14.5 Å². The molecule has 0 N–H and O–H groups in total. The average molecular weight is 426 g/mol. The highest BCUT2D eigenvalue weighted by Crippen LogP contribution is 2.28. The first-order chi connectivity index (χ1) is 15.2. The van der Waals surface area contributed by atoms with Crippen LogP contribution < -0.4 is 0 Å². The predicted octanol–water partition coefficient (Wildman–Crippen LogP) is 5.54. The molecule has 0 spiro atoms. The van der Waals surface area contributed by atoms with E-state index in [1.165, 1.54) is 0 Å². The maximum Gasteiger partial charge on any atom is 0.363 e. The van der Waals surface area contributed by atoms with Gasteiger partial charge in [0.15, 0.2) is 5.70 Å². The van der Waals surface area contributed by atoms with Gasteiger partial charge in [0.05, 0.1) is 5.69 Å². The summed E-state index contributed by atoms with van der Waals surface area (Å²) in [6, 6.07) is 26.5. The minimum atomic E-state index is -0.492. The number of rotatable bonds is 4. The van der Waals surface area contributed by atoms with Gasteiger partial charge in [0.25, 0.3) is 0 Å². The van der Waals surface area contributed by atoms with Crippen molar-refractivity contribution < 1.29 is 9.53 Å². The average Bonchev–Trinajstić information content (AvgIpc) is 3.40. The first kappa shape index (κ1) is 19.0. The minimum absolute atomic E-state index is 0.224. The summed E-state index contributed by atoms with van der Waals surface area (Å²) >= 11 is 6.05. The van der Waals surface area contributed by atoms with Crippen LogP contribution in [0.1, 0.15) is 11.1 Å². The number of carbonyl (C=O) groups excluding carboxylic acids is 1. The molecular formula is C25H16ClN3O2. The van der Waals surface area contributed by atoms with Gasteiger partial charge in [0.2, 0.25) is 5.90 Å². The molecule has 150 valence electrons. The highest BCUT2D eigenvalue weighted by Gasteiger charge is 2.25. The number of para-hydroxylation sites is 1. The molecule has 3 aromatic carbocycles. The van der Waals surface area contributed by atoms with Crippen molar-refractivity contribution in [3.63, 3.8) is 0 Å². The third-order valence-corrected chi connectivity index (χ3v) is 5.07. The van der Waals surface area contributed by atoms with E-state index in [0.717, 1.165) is 22.4 Å². The summed E-state index contributed by atoms with van der Waals surface area (Å²) < 4.78 is 7.16. The number of benzene rings is 3. The van der Waals surface area contributed by atoms with Crippen LogP contribution >= 0.6 is 11.6 Å². The highest BCUT2D eigenvalue weighted by atomic mass is 35.5. The first-order valence-electron chi connectivity index (χ1n) is 9.66. The van der Waals surface area contributed by atoms with E-state index in [2.05, 4.69) is 4.99 Å². The molecular weight excluding hydrogens is 410 g/mol. The van der Waals surface area contributed by atoms with Crippen LogP contribution in [-0.2, 0) is 9.53 Å². The van der Waals surface area contributed by atoms with Crippen molar-refractivity contribution in [3.05, 3.63) is 113 Å². The summed E-state index contributed by atoms with van der Waals surface area (Å²) in [5.41, 5.74) is 4.22. The van der Waals surface area contributed by atoms with E-state index in [1.807, 2.05) is 91.1 Å². The molecule has 31 heavy (non-hydrogen) atoms. The second kappa shape index (κ2) is 8.05. The lowest BCUT2D eigenvalue weighted by molar-refractivity contribution is -0.129. The molecule has 5 rings (SSSR count). The third kappa shape index (κ3) is 3.91. The second-order valence-electron chi connectivity index (χ2n) is 6.92. The number of hydrogen-bond acceptors (Lipinski definition) is 4. The minimum Gasteiger partial charge on any atom is -0.402 e. The van der Waals surface area contributed by atoms with Crippen molar-refractivity contribution in [2.24, 2.45) is 4.99 Å². The summed E-state index contributed by atoms with van der Waals surface area (Å²) in [7, 11) is 0. The van der Waals surface area contributed by atoms with Crippen LogP contribution in [0.2, 0.25) is 5.02 Å². The van der Waals surface area contributed by atoms with E-state index in [0.29, 0.717) is 16.6 Å². The molecule has 0 bridgehead atoms. The quantitative estimate of drug-likeness (QED) is 0.319. The van der Waals surface area contributed by atoms with Gasteiger partial charge in [0, 0.05) is 27.9 Å². The Hall–Kier alpha value is -3.96. The molecule has 1 aliphatic heterocycles. The molecule has 0 radical (unpaired) electrons. The van der Waals surface area contributed by atoms with Crippen molar-refractivity contribution in [1.82, 2.24) is 9.78 Å². The molecule has 4 aromatic rings. The Kier molecular flexibility index (Phi) is 4.94. The third-order valence-electron chi connectivity index (χ3n) is 4.81. The number of aliphatic imine (C=N–C) groups is 1. The van der Waals surface area contributed by atoms with Gasteiger partial charge in [-0.15, -0.1) is 0 Å². The molecule has 0 fully saturated rings. The van der Waals surface area contributed by atoms with Gasteiger partial charge < -0.3 is 4.74 Å². The van der Waals surface area contributed by atoms with Crippen molar-refractivity contribution in [3.8, 4) is 16.9 Å². The van der Waals surface area contributed by atoms with E-state index in [-0.39, 0.29) is 5.70 Å². The van der Waals surface area contributed by atoms with E-state index >= 15 is 0 Å². The van der Waals surface area contributed by atoms with Crippen molar-refractivity contribution in [2.75, 3.05) is 0 Å². The summed E-state index contributed by atoms with van der Waals surface area (Å²) in [4.78, 5) is 16.9. The number of esters is 1. The van der Waals surface area contributed by atoms with Crippen LogP contribution in [0.3, 0.4) is 0 Å². The van der Waals surface area contributed by atoms with Crippen LogP contribution in [0.5, 0.6) is 0 Å². The summed E-state index contributed by atoms with van der Waals surface area (Å²) in [6.07, 6.45) is 3.57. The molecule has 5 nitrogen and oxygen atoms in total. The number of nitrogens with zero attached hydrogens (tertiary/aromatic N) is 3. The molecule has 6 heteroatoms. The van der Waals surface area contributed by atoms with Crippen LogP contribution in [0.15, 0.2) is 102 Å². The Balaban J connectivity index is 1.61. The number of hydrogen-bond donors (Lipinski definition) is 0. The maximum absolute atomic E-state index is 12.5. The predicted molar refractivity (Wildman–Crippen MR) is 121 cm³/mol. The number of cyclic esters (lactones) is 1. The largest absolute Gasteiger partial charge is 0.402 e. The Morgan fingerprint density at radius 1 is 0.839 bits per heavy atom. The van der Waals surface area contributed by atoms with Gasteiger partial charge in [-0.1, -0.05) is 60.1 Å². The highest BCUT2D eigenvalue weighted by molar-refractivity contribution is 6.30. The SMILES string of the molecule is O=C1OC(c2ccccc2)=NC1=Cc1cn(-c2ccccc2)nc1-c1ccc(Cl)cc1. The van der Waals surface area contributed by atoms with Crippen LogP contribution in [0, 0.1) is 0 Å². The number of halogens is 1. The first-order valence-corrected chi connectivity index (χ1v) is 10.0. The number of ether oxygens (including phenoxy) is 1. The van der Waals surface area contributed by atoms with Crippen molar-refractivity contribution >= 4 is 29.5 Å². The molecule has 0 unspecified atom stereocenters. The lowest BCUT2D eigenvalue weighted by Gasteiger charge is -2.00. The molecule has 1 aromatic heterocycles. The molecule has 0 saturated heterocycles. The Labute approximate surface area is 183 Å². The van der Waals surface area contributed by atoms with Crippen molar-refractivity contribution in [1.29, 1.82) is 0 Å². The fourth-order valence-electron chi connectivity index (χ4n) is 3.30. The van der Waals surface area contributed by atoms with Gasteiger partial charge in [-0.05, 0) is 42.5 Å². The molecule has 1 aliphatic rings. The summed E-state index contributed by atoms with van der Waals surface area (Å²) in [6.45, 7) is 0. The molecule has 0 aliphatic carbocycles. The Morgan fingerprint density at radius 3 is 2.23 bits per heavy atom. The molecule has 0 saturated carbocycles. The van der Waals surface area contributed by atoms with Gasteiger partial charge in [-0.3, -0.25) is 0 Å². The van der Waals surface area contributed by atoms with Crippen LogP contribution in [0.25, 0.3) is 23.0 Å². The second-order valence-corrected chi connectivity index (χ2v) is 7.36. The van der Waals surface area contributed by atoms with E-state index < -0.39 is 5.97 Å². The van der Waals surface area contributed by atoms with E-state index in [9.17, 15) is 4.79 Å². The number of aromatic nitrogens is 2. The van der Waals surface area contributed by atoms with E-state index in [1.54, 1.807) is 10.8 Å². The van der Waals surface area contributed by atoms with Crippen LogP contribution in [-0.4, -0.2) is 21.6 Å². The topological polar surface area (TPSA) is 56.5 Å². The van der Waals surface area contributed by atoms with Gasteiger partial charge in [-0.2, -0.15) is 5.10 Å². The zero-order valence-electron chi connectivity index (χ0n) is 16.3. The normalized spacial score (nSPS) is 14.5. The fourth-order valence-corrected chi connectivity index (χ4v) is 3.42. The lowest BCUT2D eigenvalue weighted by Crippen LogP contribution is -2.04. The van der Waals surface area contributed by atoms with E-state index in [4.69, 9.17) is 21.4 Å². The maximum atomic E-state index is 12.5. The van der Waals surface area contributed by atoms with Crippen molar-refractivity contribution in [2.45, 2.75) is 0 Å².